The molecule has 4 N–H and O–H groups in total. The van der Waals surface area contributed by atoms with Crippen LogP contribution in [0, 0.1) is 0 Å². The summed E-state index contributed by atoms with van der Waals surface area (Å²) >= 11 is 0. The molecule has 8 heteroatoms. The molecule has 0 saturated heterocycles. The molecule has 33 heavy (non-hydrogen) atoms. The van der Waals surface area contributed by atoms with E-state index in [1.54, 1.807) is 7.11 Å². The first-order valence-electron chi connectivity index (χ1n) is 10.9. The highest BCUT2D eigenvalue weighted by molar-refractivity contribution is 14.0. The van der Waals surface area contributed by atoms with Gasteiger partial charge in [0.15, 0.2) is 5.96 Å². The summed E-state index contributed by atoms with van der Waals surface area (Å²) in [6.07, 6.45) is -0.653. The van der Waals surface area contributed by atoms with Crippen LogP contribution >= 0.6 is 24.0 Å². The fourth-order valence-electron chi connectivity index (χ4n) is 3.17. The Morgan fingerprint density at radius 1 is 1.12 bits per heavy atom. The van der Waals surface area contributed by atoms with Crippen LogP contribution in [0.1, 0.15) is 57.4 Å². The number of ether oxygens (including phenoxy) is 1. The number of rotatable bonds is 8. The van der Waals surface area contributed by atoms with Crippen LogP contribution in [0.2, 0.25) is 0 Å². The van der Waals surface area contributed by atoms with Gasteiger partial charge in [0.2, 0.25) is 5.91 Å². The largest absolute Gasteiger partial charge is 0.495 e. The summed E-state index contributed by atoms with van der Waals surface area (Å²) in [5.74, 6) is 1.04. The lowest BCUT2D eigenvalue weighted by Crippen LogP contribution is -2.39. The van der Waals surface area contributed by atoms with E-state index in [4.69, 9.17) is 4.74 Å². The van der Waals surface area contributed by atoms with E-state index < -0.39 is 6.10 Å². The number of carbonyl (C=O) groups is 1. The zero-order valence-corrected chi connectivity index (χ0v) is 22.7. The van der Waals surface area contributed by atoms with Gasteiger partial charge in [-0.1, -0.05) is 51.1 Å². The predicted molar refractivity (Wildman–Crippen MR) is 146 cm³/mol. The summed E-state index contributed by atoms with van der Waals surface area (Å²) < 4.78 is 5.30. The summed E-state index contributed by atoms with van der Waals surface area (Å²) in [6, 6.07) is 13.6. The third kappa shape index (κ3) is 9.21. The van der Waals surface area contributed by atoms with E-state index in [1.165, 1.54) is 12.5 Å². The van der Waals surface area contributed by atoms with Gasteiger partial charge in [0, 0.05) is 20.0 Å². The SMILES string of the molecule is CCNC(=NCc1ccc(OC)c(NC(C)=O)c1)NCC(O)c1ccc(C(C)(C)C)cc1.I. The molecule has 2 aromatic carbocycles. The van der Waals surface area contributed by atoms with Crippen LogP contribution in [-0.4, -0.2) is 37.2 Å². The molecule has 2 rings (SSSR count). The van der Waals surface area contributed by atoms with Crippen molar-refractivity contribution < 1.29 is 14.6 Å². The fraction of sp³-hybridized carbons (Fsp3) is 0.440. The highest BCUT2D eigenvalue weighted by Crippen LogP contribution is 2.26. The lowest BCUT2D eigenvalue weighted by molar-refractivity contribution is -0.114. The van der Waals surface area contributed by atoms with E-state index in [0.717, 1.165) is 11.1 Å². The molecule has 1 unspecified atom stereocenters. The van der Waals surface area contributed by atoms with Crippen LogP contribution in [0.3, 0.4) is 0 Å². The lowest BCUT2D eigenvalue weighted by Gasteiger charge is -2.20. The monoisotopic (exact) mass is 568 g/mol. The molecule has 0 spiro atoms. The van der Waals surface area contributed by atoms with E-state index in [-0.39, 0.29) is 35.3 Å². The number of benzene rings is 2. The second-order valence-electron chi connectivity index (χ2n) is 8.68. The number of aliphatic imine (C=N–C) groups is 1. The van der Waals surface area contributed by atoms with Gasteiger partial charge in [0.1, 0.15) is 5.75 Å². The van der Waals surface area contributed by atoms with Crippen molar-refractivity contribution >= 4 is 41.5 Å². The second-order valence-corrected chi connectivity index (χ2v) is 8.68. The Morgan fingerprint density at radius 3 is 2.33 bits per heavy atom. The summed E-state index contributed by atoms with van der Waals surface area (Å²) in [6.45, 7) is 11.4. The zero-order chi connectivity index (χ0) is 23.7. The summed E-state index contributed by atoms with van der Waals surface area (Å²) in [7, 11) is 1.56. The third-order valence-electron chi connectivity index (χ3n) is 4.96. The molecule has 0 aliphatic rings. The molecule has 0 aliphatic heterocycles. The van der Waals surface area contributed by atoms with Crippen molar-refractivity contribution in [1.29, 1.82) is 0 Å². The molecule has 0 aromatic heterocycles. The van der Waals surface area contributed by atoms with Crippen molar-refractivity contribution in [2.24, 2.45) is 4.99 Å². The van der Waals surface area contributed by atoms with Crippen molar-refractivity contribution in [3.63, 3.8) is 0 Å². The average molecular weight is 569 g/mol. The highest BCUT2D eigenvalue weighted by Gasteiger charge is 2.15. The number of nitrogens with zero attached hydrogens (tertiary/aromatic N) is 1. The van der Waals surface area contributed by atoms with Gasteiger partial charge in [-0.15, -0.1) is 24.0 Å². The molecule has 0 bridgehead atoms. The molecule has 1 amide bonds. The average Bonchev–Trinajstić information content (AvgIpc) is 2.74. The van der Waals surface area contributed by atoms with Crippen LogP contribution in [0.25, 0.3) is 0 Å². The number of halogens is 1. The van der Waals surface area contributed by atoms with E-state index in [2.05, 4.69) is 53.8 Å². The Morgan fingerprint density at radius 2 is 1.79 bits per heavy atom. The van der Waals surface area contributed by atoms with Gasteiger partial charge in [0.05, 0.1) is 25.4 Å². The molecule has 182 valence electrons. The summed E-state index contributed by atoms with van der Waals surface area (Å²) in [4.78, 5) is 16.0. The van der Waals surface area contributed by atoms with Gasteiger partial charge in [-0.25, -0.2) is 4.99 Å². The number of aliphatic hydroxyl groups excluding tert-OH is 1. The molecule has 0 aliphatic carbocycles. The van der Waals surface area contributed by atoms with Gasteiger partial charge in [-0.05, 0) is 41.2 Å². The van der Waals surface area contributed by atoms with E-state index in [0.29, 0.717) is 37.0 Å². The normalized spacial score (nSPS) is 12.4. The molecule has 0 radical (unpaired) electrons. The van der Waals surface area contributed by atoms with Crippen LogP contribution in [-0.2, 0) is 16.8 Å². The molecule has 0 fully saturated rings. The minimum atomic E-state index is -0.653. The minimum Gasteiger partial charge on any atom is -0.495 e. The quantitative estimate of drug-likeness (QED) is 0.216. The minimum absolute atomic E-state index is 0. The standard InChI is InChI=1S/C25H36N4O3.HI/c1-7-26-24(27-15-18-8-13-23(32-6)21(14-18)29-17(2)30)28-16-22(31)19-9-11-20(12-10-19)25(3,4)5;/h8-14,22,31H,7,15-16H2,1-6H3,(H,29,30)(H2,26,27,28);1H. The first-order valence-corrected chi connectivity index (χ1v) is 10.9. The number of guanidine groups is 1. The topological polar surface area (TPSA) is 95.0 Å². The van der Waals surface area contributed by atoms with E-state index >= 15 is 0 Å². The second kappa shape index (κ2) is 13.4. The molecular weight excluding hydrogens is 531 g/mol. The van der Waals surface area contributed by atoms with Crippen LogP contribution in [0.5, 0.6) is 5.75 Å². The van der Waals surface area contributed by atoms with Gasteiger partial charge in [0.25, 0.3) is 0 Å². The Kier molecular flexibility index (Phi) is 11.7. The van der Waals surface area contributed by atoms with Gasteiger partial charge < -0.3 is 25.8 Å². The predicted octanol–water partition coefficient (Wildman–Crippen LogP) is 4.36. The summed E-state index contributed by atoms with van der Waals surface area (Å²) in [5.41, 5.74) is 3.70. The molecule has 1 atom stereocenters. The van der Waals surface area contributed by atoms with E-state index in [9.17, 15) is 9.90 Å². The van der Waals surface area contributed by atoms with Crippen LogP contribution in [0.15, 0.2) is 47.5 Å². The van der Waals surface area contributed by atoms with Gasteiger partial charge >= 0.3 is 0 Å². The maximum absolute atomic E-state index is 11.4. The molecule has 0 saturated carbocycles. The number of carbonyl (C=O) groups excluding carboxylic acids is 1. The zero-order valence-electron chi connectivity index (χ0n) is 20.4. The third-order valence-corrected chi connectivity index (χ3v) is 4.96. The molecule has 7 nitrogen and oxygen atoms in total. The lowest BCUT2D eigenvalue weighted by atomic mass is 9.86. The highest BCUT2D eigenvalue weighted by atomic mass is 127. The van der Waals surface area contributed by atoms with Crippen molar-refractivity contribution in [3.05, 3.63) is 59.2 Å². The Labute approximate surface area is 214 Å². The summed E-state index contributed by atoms with van der Waals surface area (Å²) in [5, 5.41) is 19.8. The van der Waals surface area contributed by atoms with Crippen LogP contribution < -0.4 is 20.7 Å². The Balaban J connectivity index is 0.00000544. The maximum atomic E-state index is 11.4. The smallest absolute Gasteiger partial charge is 0.221 e. The Hall–Kier alpha value is -2.33. The number of nitrogens with one attached hydrogen (secondary N) is 3. The van der Waals surface area contributed by atoms with Gasteiger partial charge in [-0.2, -0.15) is 0 Å². The number of anilines is 1. The van der Waals surface area contributed by atoms with Crippen molar-refractivity contribution in [3.8, 4) is 5.75 Å². The Bertz CT molecular complexity index is 924. The number of hydrogen-bond acceptors (Lipinski definition) is 4. The van der Waals surface area contributed by atoms with E-state index in [1.807, 2.05) is 37.3 Å². The van der Waals surface area contributed by atoms with Crippen molar-refractivity contribution in [1.82, 2.24) is 10.6 Å². The fourth-order valence-corrected chi connectivity index (χ4v) is 3.17. The van der Waals surface area contributed by atoms with Gasteiger partial charge in [-0.3, -0.25) is 4.79 Å². The van der Waals surface area contributed by atoms with Crippen molar-refractivity contribution in [2.75, 3.05) is 25.5 Å². The first kappa shape index (κ1) is 28.7. The number of amides is 1. The first-order chi connectivity index (χ1) is 15.1. The molecule has 0 heterocycles. The molecule has 2 aromatic rings. The number of aliphatic hydroxyl groups is 1. The number of methoxy groups -OCH3 is 1. The molecular formula is C25H37IN4O3. The maximum Gasteiger partial charge on any atom is 0.221 e. The number of hydrogen-bond donors (Lipinski definition) is 4. The van der Waals surface area contributed by atoms with Crippen LogP contribution in [0.4, 0.5) is 5.69 Å². The van der Waals surface area contributed by atoms with Crippen molar-refractivity contribution in [2.45, 2.75) is 52.7 Å².